The van der Waals surface area contributed by atoms with Crippen LogP contribution in [0.5, 0.6) is 11.5 Å². The summed E-state index contributed by atoms with van der Waals surface area (Å²) in [4.78, 5) is 12.8. The van der Waals surface area contributed by atoms with Crippen molar-refractivity contribution in [3.63, 3.8) is 0 Å². The summed E-state index contributed by atoms with van der Waals surface area (Å²) in [7, 11) is 0. The molecule has 0 aromatic heterocycles. The number of likely N-dealkylation sites (tertiary alicyclic amines) is 1. The van der Waals surface area contributed by atoms with E-state index in [1.807, 2.05) is 17.0 Å². The number of carboxylic acid groups (broad SMARTS) is 1. The quantitative estimate of drug-likeness (QED) is 0.905. The fourth-order valence-electron chi connectivity index (χ4n) is 3.35. The highest BCUT2D eigenvalue weighted by Gasteiger charge is 2.42. The van der Waals surface area contributed by atoms with Crippen LogP contribution in [0, 0.1) is 0 Å². The molecule has 1 fully saturated rings. The highest BCUT2D eigenvalue weighted by atomic mass is 16.5. The average Bonchev–Trinajstić information content (AvgIpc) is 2.86. The number of hydrogen-bond acceptors (Lipinski definition) is 4. The van der Waals surface area contributed by atoms with Crippen LogP contribution in [0.2, 0.25) is 0 Å². The van der Waals surface area contributed by atoms with Crippen LogP contribution < -0.4 is 9.47 Å². The zero-order valence-electron chi connectivity index (χ0n) is 13.0. The maximum Gasteiger partial charge on any atom is 0.317 e. The van der Waals surface area contributed by atoms with Crippen molar-refractivity contribution in [3.8, 4) is 11.5 Å². The van der Waals surface area contributed by atoms with E-state index < -0.39 is 5.97 Å². The summed E-state index contributed by atoms with van der Waals surface area (Å²) in [5.41, 5.74) is 0.977. The van der Waals surface area contributed by atoms with E-state index in [1.165, 1.54) is 5.56 Å². The molecular formula is C17H23NO4. The van der Waals surface area contributed by atoms with Crippen LogP contribution in [-0.4, -0.2) is 47.8 Å². The molecule has 2 heterocycles. The maximum absolute atomic E-state index is 10.9. The molecular weight excluding hydrogens is 282 g/mol. The molecule has 0 aliphatic carbocycles. The Bertz CT molecular complexity index is 560. The van der Waals surface area contributed by atoms with Crippen LogP contribution in [0.4, 0.5) is 0 Å². The van der Waals surface area contributed by atoms with Gasteiger partial charge in [0.25, 0.3) is 0 Å². The molecule has 22 heavy (non-hydrogen) atoms. The Hall–Kier alpha value is -1.75. The van der Waals surface area contributed by atoms with Gasteiger partial charge in [-0.05, 0) is 43.0 Å². The molecule has 1 aromatic rings. The van der Waals surface area contributed by atoms with Crippen LogP contribution in [0.15, 0.2) is 18.2 Å². The van der Waals surface area contributed by atoms with Crippen LogP contribution in [-0.2, 0) is 11.2 Å². The second-order valence-electron chi connectivity index (χ2n) is 6.26. The summed E-state index contributed by atoms with van der Waals surface area (Å²) < 4.78 is 11.9. The molecule has 3 rings (SSSR count). The van der Waals surface area contributed by atoms with Gasteiger partial charge in [0, 0.05) is 19.5 Å². The molecule has 1 atom stereocenters. The van der Waals surface area contributed by atoms with Crippen LogP contribution >= 0.6 is 0 Å². The molecule has 1 unspecified atom stereocenters. The minimum absolute atomic E-state index is 0.0990. The lowest BCUT2D eigenvalue weighted by atomic mass is 9.90. The molecule has 1 spiro atoms. The highest BCUT2D eigenvalue weighted by Crippen LogP contribution is 2.39. The molecule has 5 heteroatoms. The third-order valence-electron chi connectivity index (χ3n) is 4.44. The lowest BCUT2D eigenvalue weighted by Crippen LogP contribution is -2.43. The first-order chi connectivity index (χ1) is 10.6. The van der Waals surface area contributed by atoms with Crippen LogP contribution in [0.3, 0.4) is 0 Å². The van der Waals surface area contributed by atoms with Crippen molar-refractivity contribution < 1.29 is 19.4 Å². The Morgan fingerprint density at radius 1 is 1.45 bits per heavy atom. The Labute approximate surface area is 130 Å². The van der Waals surface area contributed by atoms with Gasteiger partial charge in [0.1, 0.15) is 17.1 Å². The predicted octanol–water partition coefficient (Wildman–Crippen LogP) is 2.33. The molecule has 0 radical (unpaired) electrons. The Morgan fingerprint density at radius 2 is 2.32 bits per heavy atom. The largest absolute Gasteiger partial charge is 0.494 e. The third kappa shape index (κ3) is 3.19. The maximum atomic E-state index is 10.9. The van der Waals surface area contributed by atoms with Gasteiger partial charge in [0.15, 0.2) is 0 Å². The third-order valence-corrected chi connectivity index (χ3v) is 4.44. The van der Waals surface area contributed by atoms with Crippen molar-refractivity contribution in [2.45, 2.75) is 38.2 Å². The average molecular weight is 305 g/mol. The first kappa shape index (κ1) is 15.2. The minimum atomic E-state index is -0.772. The van der Waals surface area contributed by atoms with Gasteiger partial charge in [0.05, 0.1) is 13.2 Å². The minimum Gasteiger partial charge on any atom is -0.494 e. The molecule has 0 saturated carbocycles. The second-order valence-corrected chi connectivity index (χ2v) is 6.26. The molecule has 0 bridgehead atoms. The van der Waals surface area contributed by atoms with Gasteiger partial charge in [-0.1, -0.05) is 6.92 Å². The molecule has 5 nitrogen and oxygen atoms in total. The summed E-state index contributed by atoms with van der Waals surface area (Å²) in [5, 5.41) is 8.92. The van der Waals surface area contributed by atoms with Crippen molar-refractivity contribution in [2.75, 3.05) is 26.2 Å². The Morgan fingerprint density at radius 3 is 3.09 bits per heavy atom. The van der Waals surface area contributed by atoms with Crippen LogP contribution in [0.25, 0.3) is 0 Å². The number of benzene rings is 1. The van der Waals surface area contributed by atoms with Crippen molar-refractivity contribution in [2.24, 2.45) is 0 Å². The van der Waals surface area contributed by atoms with E-state index in [2.05, 4.69) is 13.0 Å². The SMILES string of the molecule is CCCOc1ccc2c(c1)CCC1(CCN(CC(=O)O)C1)O2. The zero-order chi connectivity index (χ0) is 15.6. The number of rotatable bonds is 5. The van der Waals surface area contributed by atoms with Gasteiger partial charge in [-0.3, -0.25) is 9.69 Å². The van der Waals surface area contributed by atoms with Crippen molar-refractivity contribution in [1.82, 2.24) is 4.90 Å². The van der Waals surface area contributed by atoms with Gasteiger partial charge >= 0.3 is 5.97 Å². The van der Waals surface area contributed by atoms with Gasteiger partial charge in [-0.2, -0.15) is 0 Å². The van der Waals surface area contributed by atoms with Crippen LogP contribution in [0.1, 0.15) is 31.7 Å². The van der Waals surface area contributed by atoms with Gasteiger partial charge < -0.3 is 14.6 Å². The number of aryl methyl sites for hydroxylation is 1. The first-order valence-corrected chi connectivity index (χ1v) is 7.99. The standard InChI is InChI=1S/C17H23NO4/c1-2-9-21-14-3-4-15-13(10-14)5-6-17(22-15)7-8-18(12-17)11-16(19)20/h3-4,10H,2,5-9,11-12H2,1H3,(H,19,20). The van der Waals surface area contributed by atoms with E-state index in [1.54, 1.807) is 0 Å². The fourth-order valence-corrected chi connectivity index (χ4v) is 3.35. The lowest BCUT2D eigenvalue weighted by Gasteiger charge is -2.35. The summed E-state index contributed by atoms with van der Waals surface area (Å²) in [5.74, 6) is 1.05. The molecule has 1 aromatic carbocycles. The van der Waals surface area contributed by atoms with Crippen molar-refractivity contribution in [3.05, 3.63) is 23.8 Å². The molecule has 120 valence electrons. The number of aliphatic carboxylic acids is 1. The summed E-state index contributed by atoms with van der Waals surface area (Å²) in [6.07, 6.45) is 3.79. The summed E-state index contributed by atoms with van der Waals surface area (Å²) in [6, 6.07) is 6.01. The second kappa shape index (κ2) is 6.16. The van der Waals surface area contributed by atoms with Gasteiger partial charge in [-0.25, -0.2) is 0 Å². The van der Waals surface area contributed by atoms with E-state index in [9.17, 15) is 4.79 Å². The Kier molecular flexibility index (Phi) is 4.25. The molecule has 1 N–H and O–H groups in total. The smallest absolute Gasteiger partial charge is 0.317 e. The highest BCUT2D eigenvalue weighted by molar-refractivity contribution is 5.69. The van der Waals surface area contributed by atoms with Crippen molar-refractivity contribution in [1.29, 1.82) is 0 Å². The van der Waals surface area contributed by atoms with E-state index in [0.29, 0.717) is 6.54 Å². The fraction of sp³-hybridized carbons (Fsp3) is 0.588. The normalized spacial score (nSPS) is 24.0. The van der Waals surface area contributed by atoms with E-state index in [-0.39, 0.29) is 12.1 Å². The number of hydrogen-bond donors (Lipinski definition) is 1. The molecule has 1 saturated heterocycles. The van der Waals surface area contributed by atoms with E-state index in [4.69, 9.17) is 14.6 Å². The molecule has 2 aliphatic heterocycles. The van der Waals surface area contributed by atoms with Gasteiger partial charge in [0.2, 0.25) is 0 Å². The van der Waals surface area contributed by atoms with E-state index in [0.717, 1.165) is 50.3 Å². The molecule has 0 amide bonds. The Balaban J connectivity index is 1.68. The first-order valence-electron chi connectivity index (χ1n) is 7.99. The molecule has 2 aliphatic rings. The zero-order valence-corrected chi connectivity index (χ0v) is 13.0. The summed E-state index contributed by atoms with van der Waals surface area (Å²) in [6.45, 7) is 4.41. The van der Waals surface area contributed by atoms with Gasteiger partial charge in [-0.15, -0.1) is 0 Å². The number of nitrogens with zero attached hydrogens (tertiary/aromatic N) is 1. The van der Waals surface area contributed by atoms with Crippen molar-refractivity contribution >= 4 is 5.97 Å². The predicted molar refractivity (Wildman–Crippen MR) is 82.6 cm³/mol. The van der Waals surface area contributed by atoms with E-state index >= 15 is 0 Å². The number of ether oxygens (including phenoxy) is 2. The number of carboxylic acids is 1. The monoisotopic (exact) mass is 305 g/mol. The summed E-state index contributed by atoms with van der Waals surface area (Å²) >= 11 is 0. The topological polar surface area (TPSA) is 59.0 Å². The number of fused-ring (bicyclic) bond motifs is 1. The number of carbonyl (C=O) groups is 1. The lowest BCUT2D eigenvalue weighted by molar-refractivity contribution is -0.138.